The molecule has 4 heteroatoms. The van der Waals surface area contributed by atoms with Crippen molar-refractivity contribution in [2.24, 2.45) is 0 Å². The van der Waals surface area contributed by atoms with Gasteiger partial charge in [0.25, 0.3) is 0 Å². The molecule has 4 nitrogen and oxygen atoms in total. The van der Waals surface area contributed by atoms with E-state index in [-0.39, 0.29) is 18.1 Å². The molecule has 0 aromatic heterocycles. The van der Waals surface area contributed by atoms with Gasteiger partial charge in [-0.25, -0.2) is 0 Å². The molecular formula is C16H16O4. The Morgan fingerprint density at radius 2 is 2.20 bits per heavy atom. The first-order chi connectivity index (χ1) is 9.56. The van der Waals surface area contributed by atoms with Crippen molar-refractivity contribution in [1.29, 1.82) is 0 Å². The van der Waals surface area contributed by atoms with Crippen LogP contribution in [0.5, 0.6) is 11.5 Å². The average molecular weight is 272 g/mol. The van der Waals surface area contributed by atoms with Crippen LogP contribution in [0, 0.1) is 12.3 Å². The second-order valence-corrected chi connectivity index (χ2v) is 3.92. The van der Waals surface area contributed by atoms with Gasteiger partial charge in [-0.3, -0.25) is 4.79 Å². The molecule has 0 aliphatic heterocycles. The normalized spacial score (nSPS) is 11.2. The molecule has 0 aliphatic carbocycles. The molecule has 20 heavy (non-hydrogen) atoms. The van der Waals surface area contributed by atoms with E-state index < -0.39 is 0 Å². The summed E-state index contributed by atoms with van der Waals surface area (Å²) in [4.78, 5) is 10.8. The zero-order valence-corrected chi connectivity index (χ0v) is 11.4. The van der Waals surface area contributed by atoms with Crippen LogP contribution in [0.4, 0.5) is 0 Å². The summed E-state index contributed by atoms with van der Waals surface area (Å²) in [5.41, 5.74) is 0.790. The van der Waals surface area contributed by atoms with Crippen LogP contribution in [0.15, 0.2) is 36.1 Å². The lowest BCUT2D eigenvalue weighted by Gasteiger charge is -2.09. The highest BCUT2D eigenvalue weighted by molar-refractivity contribution is 5.88. The molecule has 0 unspecified atom stereocenters. The number of ether oxygens (including phenoxy) is 2. The van der Waals surface area contributed by atoms with Gasteiger partial charge in [0.2, 0.25) is 0 Å². The van der Waals surface area contributed by atoms with Gasteiger partial charge in [0, 0.05) is 6.08 Å². The maximum absolute atomic E-state index is 10.8. The Bertz CT molecular complexity index is 577. The summed E-state index contributed by atoms with van der Waals surface area (Å²) in [6.07, 6.45) is 9.35. The zero-order chi connectivity index (χ0) is 15.0. The van der Waals surface area contributed by atoms with Gasteiger partial charge in [-0.05, 0) is 30.7 Å². The largest absolute Gasteiger partial charge is 0.508 e. The third-order valence-corrected chi connectivity index (χ3v) is 2.30. The van der Waals surface area contributed by atoms with Crippen molar-refractivity contribution in [1.82, 2.24) is 0 Å². The highest BCUT2D eigenvalue weighted by Crippen LogP contribution is 2.28. The maximum atomic E-state index is 10.8. The number of rotatable bonds is 6. The number of hydrogen-bond donors (Lipinski definition) is 1. The van der Waals surface area contributed by atoms with Crippen molar-refractivity contribution in [3.8, 4) is 23.8 Å². The minimum Gasteiger partial charge on any atom is -0.508 e. The second kappa shape index (κ2) is 7.70. The molecule has 0 aliphatic rings. The van der Waals surface area contributed by atoms with E-state index in [4.69, 9.17) is 15.9 Å². The number of aliphatic hydroxyl groups is 1. The lowest BCUT2D eigenvalue weighted by atomic mass is 10.1. The zero-order valence-electron chi connectivity index (χ0n) is 11.4. The van der Waals surface area contributed by atoms with Crippen molar-refractivity contribution < 1.29 is 19.4 Å². The van der Waals surface area contributed by atoms with Gasteiger partial charge < -0.3 is 14.6 Å². The molecule has 104 valence electrons. The number of aliphatic hydroxyl groups excluding tert-OH is 1. The Morgan fingerprint density at radius 3 is 2.80 bits per heavy atom. The highest BCUT2D eigenvalue weighted by Gasteiger charge is 2.04. The van der Waals surface area contributed by atoms with E-state index in [1.165, 1.54) is 20.1 Å². The Hall–Kier alpha value is -2.67. The first kappa shape index (κ1) is 15.4. The van der Waals surface area contributed by atoms with Crippen molar-refractivity contribution in [3.05, 3.63) is 41.7 Å². The van der Waals surface area contributed by atoms with Crippen molar-refractivity contribution in [2.45, 2.75) is 6.92 Å². The molecule has 0 bridgehead atoms. The first-order valence-electron chi connectivity index (χ1n) is 5.90. The van der Waals surface area contributed by atoms with Crippen LogP contribution in [0.1, 0.15) is 12.5 Å². The lowest BCUT2D eigenvalue weighted by molar-refractivity contribution is -0.112. The van der Waals surface area contributed by atoms with E-state index in [1.54, 1.807) is 24.3 Å². The van der Waals surface area contributed by atoms with Crippen LogP contribution in [0.3, 0.4) is 0 Å². The van der Waals surface area contributed by atoms with Gasteiger partial charge in [0.05, 0.1) is 7.11 Å². The fraction of sp³-hybridized carbons (Fsp3) is 0.188. The van der Waals surface area contributed by atoms with E-state index in [2.05, 4.69) is 5.92 Å². The predicted octanol–water partition coefficient (Wildman–Crippen LogP) is 2.75. The maximum Gasteiger partial charge on any atom is 0.162 e. The highest BCUT2D eigenvalue weighted by atomic mass is 16.5. The van der Waals surface area contributed by atoms with Gasteiger partial charge >= 0.3 is 0 Å². The SMILES string of the molecule is C#CCOc1ccc(/C=C/C(O)=C\C(C)=O)cc1OC. The molecule has 1 aromatic rings. The van der Waals surface area contributed by atoms with E-state index in [1.807, 2.05) is 0 Å². The number of terminal acetylenes is 1. The molecule has 0 atom stereocenters. The van der Waals surface area contributed by atoms with Crippen molar-refractivity contribution >= 4 is 11.9 Å². The Morgan fingerprint density at radius 1 is 1.45 bits per heavy atom. The van der Waals surface area contributed by atoms with Crippen molar-refractivity contribution in [3.63, 3.8) is 0 Å². The number of carbonyl (C=O) groups excluding carboxylic acids is 1. The van der Waals surface area contributed by atoms with Crippen LogP contribution in [0.25, 0.3) is 6.08 Å². The smallest absolute Gasteiger partial charge is 0.162 e. The molecule has 1 N–H and O–H groups in total. The minimum atomic E-state index is -0.220. The van der Waals surface area contributed by atoms with Crippen LogP contribution in [-0.4, -0.2) is 24.6 Å². The van der Waals surface area contributed by atoms with Gasteiger partial charge in [-0.2, -0.15) is 0 Å². The summed E-state index contributed by atoms with van der Waals surface area (Å²) < 4.78 is 10.5. The second-order valence-electron chi connectivity index (χ2n) is 3.92. The molecule has 0 fully saturated rings. The topological polar surface area (TPSA) is 55.8 Å². The third kappa shape index (κ3) is 4.91. The van der Waals surface area contributed by atoms with Crippen LogP contribution >= 0.6 is 0 Å². The van der Waals surface area contributed by atoms with E-state index in [9.17, 15) is 9.90 Å². The number of carbonyl (C=O) groups is 1. The minimum absolute atomic E-state index is 0.107. The predicted molar refractivity (Wildman–Crippen MR) is 77.7 cm³/mol. The monoisotopic (exact) mass is 272 g/mol. The molecule has 0 heterocycles. The number of hydrogen-bond acceptors (Lipinski definition) is 4. The van der Waals surface area contributed by atoms with E-state index >= 15 is 0 Å². The molecule has 0 saturated heterocycles. The van der Waals surface area contributed by atoms with Gasteiger partial charge in [0.1, 0.15) is 12.4 Å². The molecule has 0 spiro atoms. The summed E-state index contributed by atoms with van der Waals surface area (Å²) in [5.74, 6) is 3.14. The number of ketones is 1. The summed E-state index contributed by atoms with van der Waals surface area (Å²) >= 11 is 0. The summed E-state index contributed by atoms with van der Waals surface area (Å²) in [5, 5.41) is 9.45. The van der Waals surface area contributed by atoms with Gasteiger partial charge in [-0.1, -0.05) is 18.1 Å². The number of allylic oxidation sites excluding steroid dienone is 2. The summed E-state index contributed by atoms with van der Waals surface area (Å²) in [6.45, 7) is 1.53. The van der Waals surface area contributed by atoms with E-state index in [0.717, 1.165) is 11.6 Å². The quantitative estimate of drug-likeness (QED) is 0.374. The van der Waals surface area contributed by atoms with Crippen LogP contribution in [-0.2, 0) is 4.79 Å². The number of benzene rings is 1. The lowest BCUT2D eigenvalue weighted by Crippen LogP contribution is -1.96. The molecule has 1 rings (SSSR count). The fourth-order valence-electron chi connectivity index (χ4n) is 1.46. The molecule has 0 saturated carbocycles. The molecule has 1 aromatic carbocycles. The van der Waals surface area contributed by atoms with Gasteiger partial charge in [-0.15, -0.1) is 6.42 Å². The fourth-order valence-corrected chi connectivity index (χ4v) is 1.46. The van der Waals surface area contributed by atoms with Crippen LogP contribution < -0.4 is 9.47 Å². The van der Waals surface area contributed by atoms with Gasteiger partial charge in [0.15, 0.2) is 17.3 Å². The number of methoxy groups -OCH3 is 1. The molecule has 0 amide bonds. The molecular weight excluding hydrogens is 256 g/mol. The average Bonchev–Trinajstić information content (AvgIpc) is 2.42. The van der Waals surface area contributed by atoms with E-state index in [0.29, 0.717) is 11.5 Å². The first-order valence-corrected chi connectivity index (χ1v) is 5.90. The van der Waals surface area contributed by atoms with Crippen molar-refractivity contribution in [2.75, 3.05) is 13.7 Å². The Kier molecular flexibility index (Phi) is 5.92. The Balaban J connectivity index is 2.91. The summed E-state index contributed by atoms with van der Waals surface area (Å²) in [7, 11) is 1.53. The Labute approximate surface area is 118 Å². The third-order valence-electron chi connectivity index (χ3n) is 2.30. The van der Waals surface area contributed by atoms with Crippen LogP contribution in [0.2, 0.25) is 0 Å². The summed E-state index contributed by atoms with van der Waals surface area (Å²) in [6, 6.07) is 5.25. The standard InChI is InChI=1S/C16H16O4/c1-4-9-20-15-8-6-13(11-16(15)19-3)5-7-14(18)10-12(2)17/h1,5-8,10-11,18H,9H2,2-3H3/b7-5+,14-10+. The molecule has 0 radical (unpaired) electrons.